The Morgan fingerprint density at radius 3 is 2.77 bits per heavy atom. The molecule has 0 radical (unpaired) electrons. The first kappa shape index (κ1) is 17.2. The molecule has 5 nitrogen and oxygen atoms in total. The van der Waals surface area contributed by atoms with E-state index in [0.717, 1.165) is 17.5 Å². The van der Waals surface area contributed by atoms with E-state index in [4.69, 9.17) is 27.9 Å². The van der Waals surface area contributed by atoms with E-state index in [1.54, 1.807) is 18.2 Å². The number of halogens is 2. The van der Waals surface area contributed by atoms with E-state index in [1.165, 1.54) is 4.90 Å². The Balaban J connectivity index is 1.47. The number of hydrogen-bond acceptors (Lipinski definition) is 3. The summed E-state index contributed by atoms with van der Waals surface area (Å²) in [4.78, 5) is 26.6. The maximum Gasteiger partial charge on any atom is 0.325 e. The van der Waals surface area contributed by atoms with Gasteiger partial charge in [0.2, 0.25) is 0 Å². The van der Waals surface area contributed by atoms with Gasteiger partial charge in [0.1, 0.15) is 17.9 Å². The molecule has 1 fully saturated rings. The molecule has 1 aliphatic heterocycles. The van der Waals surface area contributed by atoms with Gasteiger partial charge in [-0.1, -0.05) is 47.5 Å². The second-order valence-corrected chi connectivity index (χ2v) is 7.22. The third kappa shape index (κ3) is 2.72. The molecule has 2 aromatic rings. The summed E-state index contributed by atoms with van der Waals surface area (Å²) in [7, 11) is 0. The van der Waals surface area contributed by atoms with Crippen molar-refractivity contribution in [3.8, 4) is 5.75 Å². The molecule has 26 heavy (non-hydrogen) atoms. The second-order valence-electron chi connectivity index (χ2n) is 6.37. The van der Waals surface area contributed by atoms with Crippen LogP contribution in [0.1, 0.15) is 17.5 Å². The van der Waals surface area contributed by atoms with Gasteiger partial charge < -0.3 is 10.1 Å². The van der Waals surface area contributed by atoms with Crippen molar-refractivity contribution in [2.75, 3.05) is 13.2 Å². The van der Waals surface area contributed by atoms with E-state index in [1.807, 2.05) is 24.3 Å². The maximum atomic E-state index is 13.0. The minimum atomic E-state index is -0.939. The van der Waals surface area contributed by atoms with Crippen LogP contribution in [0.4, 0.5) is 4.79 Å². The highest BCUT2D eigenvalue weighted by Crippen LogP contribution is 2.41. The number of aryl methyl sites for hydroxylation is 1. The van der Waals surface area contributed by atoms with Crippen LogP contribution < -0.4 is 10.1 Å². The number of hydrogen-bond donors (Lipinski definition) is 1. The van der Waals surface area contributed by atoms with Crippen LogP contribution in [0.3, 0.4) is 0 Å². The smallest absolute Gasteiger partial charge is 0.325 e. The number of ether oxygens (including phenoxy) is 1. The number of nitrogens with one attached hydrogen (secondary N) is 1. The Morgan fingerprint density at radius 2 is 1.96 bits per heavy atom. The lowest BCUT2D eigenvalue weighted by Crippen LogP contribution is -2.42. The summed E-state index contributed by atoms with van der Waals surface area (Å²) < 4.78 is 5.61. The number of urea groups is 1. The third-order valence-electron chi connectivity index (χ3n) is 4.89. The summed E-state index contributed by atoms with van der Waals surface area (Å²) in [5.41, 5.74) is 1.06. The van der Waals surface area contributed by atoms with Crippen LogP contribution in [0.2, 0.25) is 10.0 Å². The lowest BCUT2D eigenvalue weighted by Gasteiger charge is -2.22. The minimum absolute atomic E-state index is 0.146. The van der Waals surface area contributed by atoms with Crippen LogP contribution in [0.15, 0.2) is 42.5 Å². The fourth-order valence-electron chi connectivity index (χ4n) is 3.63. The predicted octanol–water partition coefficient (Wildman–Crippen LogP) is 3.77. The van der Waals surface area contributed by atoms with Crippen LogP contribution >= 0.6 is 23.2 Å². The molecule has 2 aromatic carbocycles. The van der Waals surface area contributed by atoms with Gasteiger partial charge in [0.15, 0.2) is 0 Å². The number of carbonyl (C=O) groups is 2. The molecule has 2 aliphatic rings. The Labute approximate surface area is 160 Å². The molecule has 134 valence electrons. The number of nitrogens with zero attached hydrogens (tertiary/aromatic N) is 1. The van der Waals surface area contributed by atoms with Gasteiger partial charge in [-0.05, 0) is 42.2 Å². The van der Waals surface area contributed by atoms with E-state index in [-0.39, 0.29) is 19.1 Å². The van der Waals surface area contributed by atoms with Crippen molar-refractivity contribution in [2.45, 2.75) is 18.4 Å². The average Bonchev–Trinajstić information content (AvgIpc) is 3.10. The van der Waals surface area contributed by atoms with Gasteiger partial charge in [0.25, 0.3) is 5.91 Å². The van der Waals surface area contributed by atoms with Crippen molar-refractivity contribution in [3.05, 3.63) is 63.6 Å². The van der Waals surface area contributed by atoms with Crippen molar-refractivity contribution < 1.29 is 14.3 Å². The third-order valence-corrected chi connectivity index (χ3v) is 5.42. The lowest BCUT2D eigenvalue weighted by atomic mass is 9.92. The van der Waals surface area contributed by atoms with Crippen LogP contribution in [-0.4, -0.2) is 30.0 Å². The first-order valence-corrected chi connectivity index (χ1v) is 9.07. The van der Waals surface area contributed by atoms with E-state index in [9.17, 15) is 9.59 Å². The molecule has 1 heterocycles. The molecule has 0 aromatic heterocycles. The van der Waals surface area contributed by atoms with Gasteiger partial charge >= 0.3 is 6.03 Å². The lowest BCUT2D eigenvalue weighted by molar-refractivity contribution is -0.131. The van der Waals surface area contributed by atoms with Crippen molar-refractivity contribution >= 4 is 35.1 Å². The number of fused-ring (bicyclic) bond motifs is 2. The summed E-state index contributed by atoms with van der Waals surface area (Å²) in [5.74, 6) is 0.238. The second kappa shape index (κ2) is 6.49. The molecule has 1 aliphatic carbocycles. The molecule has 1 atom stereocenters. The van der Waals surface area contributed by atoms with Gasteiger partial charge in [-0.25, -0.2) is 4.79 Å². The SMILES string of the molecule is O=C1NC2(CCc3ccccc32)C(=O)N1CCOc1ccc(Cl)cc1Cl. The summed E-state index contributed by atoms with van der Waals surface area (Å²) in [6.45, 7) is 0.297. The number of carbonyl (C=O) groups excluding carboxylic acids is 2. The molecular weight excluding hydrogens is 375 g/mol. The average molecular weight is 391 g/mol. The van der Waals surface area contributed by atoms with Gasteiger partial charge in [-0.2, -0.15) is 0 Å². The molecule has 1 saturated heterocycles. The molecule has 1 spiro atoms. The Kier molecular flexibility index (Phi) is 4.29. The van der Waals surface area contributed by atoms with Crippen molar-refractivity contribution in [2.24, 2.45) is 0 Å². The van der Waals surface area contributed by atoms with Crippen molar-refractivity contribution in [3.63, 3.8) is 0 Å². The summed E-state index contributed by atoms with van der Waals surface area (Å²) in [5, 5.41) is 3.79. The minimum Gasteiger partial charge on any atom is -0.490 e. The van der Waals surface area contributed by atoms with E-state index >= 15 is 0 Å². The zero-order valence-electron chi connectivity index (χ0n) is 13.8. The largest absolute Gasteiger partial charge is 0.490 e. The van der Waals surface area contributed by atoms with Gasteiger partial charge in [0, 0.05) is 5.02 Å². The Hall–Kier alpha value is -2.24. The quantitative estimate of drug-likeness (QED) is 0.808. The van der Waals surface area contributed by atoms with Gasteiger partial charge in [-0.3, -0.25) is 9.69 Å². The molecule has 1 unspecified atom stereocenters. The number of rotatable bonds is 4. The fraction of sp³-hybridized carbons (Fsp3) is 0.263. The van der Waals surface area contributed by atoms with Gasteiger partial charge in [0.05, 0.1) is 11.6 Å². The Bertz CT molecular complexity index is 902. The van der Waals surface area contributed by atoms with Crippen molar-refractivity contribution in [1.29, 1.82) is 0 Å². The van der Waals surface area contributed by atoms with Gasteiger partial charge in [-0.15, -0.1) is 0 Å². The zero-order chi connectivity index (χ0) is 18.3. The van der Waals surface area contributed by atoms with Crippen LogP contribution in [0.5, 0.6) is 5.75 Å². The predicted molar refractivity (Wildman–Crippen MR) is 98.6 cm³/mol. The number of amides is 3. The molecule has 1 N–H and O–H groups in total. The Morgan fingerprint density at radius 1 is 1.15 bits per heavy atom. The topological polar surface area (TPSA) is 58.6 Å². The molecule has 0 bridgehead atoms. The summed E-state index contributed by atoms with van der Waals surface area (Å²) in [6.07, 6.45) is 1.35. The molecule has 3 amide bonds. The standard InChI is InChI=1S/C19H16Cl2N2O3/c20-13-5-6-16(15(21)11-13)26-10-9-23-17(24)19(22-18(23)25)8-7-12-3-1-2-4-14(12)19/h1-6,11H,7-10H2,(H,22,25). The molecular formula is C19H16Cl2N2O3. The van der Waals surface area contributed by atoms with Crippen LogP contribution in [0, 0.1) is 0 Å². The highest BCUT2D eigenvalue weighted by Gasteiger charge is 2.55. The molecule has 0 saturated carbocycles. The monoisotopic (exact) mass is 390 g/mol. The summed E-state index contributed by atoms with van der Waals surface area (Å²) in [6, 6.07) is 12.3. The van der Waals surface area contributed by atoms with Crippen LogP contribution in [-0.2, 0) is 16.8 Å². The number of benzene rings is 2. The number of imide groups is 1. The van der Waals surface area contributed by atoms with E-state index in [0.29, 0.717) is 22.2 Å². The van der Waals surface area contributed by atoms with Crippen LogP contribution in [0.25, 0.3) is 0 Å². The normalized spacial score (nSPS) is 21.2. The highest BCUT2D eigenvalue weighted by molar-refractivity contribution is 6.35. The fourth-order valence-corrected chi connectivity index (χ4v) is 4.09. The maximum absolute atomic E-state index is 13.0. The zero-order valence-corrected chi connectivity index (χ0v) is 15.3. The van der Waals surface area contributed by atoms with E-state index in [2.05, 4.69) is 5.32 Å². The summed E-state index contributed by atoms with van der Waals surface area (Å²) >= 11 is 11.9. The van der Waals surface area contributed by atoms with Crippen molar-refractivity contribution in [1.82, 2.24) is 10.2 Å². The molecule has 7 heteroatoms. The first-order valence-electron chi connectivity index (χ1n) is 8.31. The highest BCUT2D eigenvalue weighted by atomic mass is 35.5. The molecule has 4 rings (SSSR count). The van der Waals surface area contributed by atoms with E-state index < -0.39 is 11.6 Å². The first-order chi connectivity index (χ1) is 12.5.